The van der Waals surface area contributed by atoms with Gasteiger partial charge in [-0.2, -0.15) is 0 Å². The molecule has 0 atom stereocenters. The summed E-state index contributed by atoms with van der Waals surface area (Å²) in [6.45, 7) is 8.70. The van der Waals surface area contributed by atoms with Gasteiger partial charge in [0.15, 0.2) is 0 Å². The average molecular weight is 575 g/mol. The number of unbranched alkanes of at least 4 members (excludes halogenated alkanes) is 16. The Labute approximate surface area is 231 Å². The van der Waals surface area contributed by atoms with Crippen molar-refractivity contribution in [1.29, 1.82) is 0 Å². The van der Waals surface area contributed by atoms with Gasteiger partial charge in [0.25, 0.3) is 0 Å². The van der Waals surface area contributed by atoms with Crippen LogP contribution in [0.3, 0.4) is 0 Å². The summed E-state index contributed by atoms with van der Waals surface area (Å²) in [7, 11) is -6.08. The predicted molar refractivity (Wildman–Crippen MR) is 150 cm³/mol. The summed E-state index contributed by atoms with van der Waals surface area (Å²) in [6, 6.07) is 0. The van der Waals surface area contributed by atoms with Crippen LogP contribution in [0.1, 0.15) is 156 Å². The predicted octanol–water partition coefficient (Wildman–Crippen LogP) is 9.13. The molecule has 0 aromatic heterocycles. The molecule has 0 aromatic carbocycles. The van der Waals surface area contributed by atoms with E-state index in [4.69, 9.17) is 0 Å². The van der Waals surface area contributed by atoms with Gasteiger partial charge >= 0.3 is 17.4 Å². The molecule has 0 unspecified atom stereocenters. The van der Waals surface area contributed by atoms with Crippen LogP contribution in [0.2, 0.25) is 0 Å². The fourth-order valence-corrected chi connectivity index (χ4v) is 7.32. The van der Waals surface area contributed by atoms with Crippen LogP contribution in [0.5, 0.6) is 0 Å². The van der Waals surface area contributed by atoms with Crippen LogP contribution in [-0.4, -0.2) is 24.6 Å². The van der Waals surface area contributed by atoms with E-state index in [1.165, 1.54) is 77.0 Å². The van der Waals surface area contributed by atoms with E-state index in [1.54, 1.807) is 0 Å². The first-order valence-corrected chi connectivity index (χ1v) is 18.8. The standard InChI is InChI=1S/2C14H31O2P.Cr/c2*1-3-5-7-9-11-13-17(15,16)14-12-10-8-6-4-2;/h2*3-14H2,1-2H3,(H,15,16);/q;;+2/p-2. The van der Waals surface area contributed by atoms with Crippen molar-refractivity contribution >= 4 is 14.7 Å². The van der Waals surface area contributed by atoms with Gasteiger partial charge in [0.1, 0.15) is 0 Å². The van der Waals surface area contributed by atoms with Gasteiger partial charge < -0.3 is 18.9 Å². The third kappa shape index (κ3) is 34.9. The monoisotopic (exact) mass is 574 g/mol. The third-order valence-corrected chi connectivity index (χ3v) is 10.4. The van der Waals surface area contributed by atoms with E-state index < -0.39 is 14.7 Å². The molecule has 0 aliphatic carbocycles. The Bertz CT molecular complexity index is 423. The smallest absolute Gasteiger partial charge is 0.799 e. The molecule has 0 radical (unpaired) electrons. The average Bonchev–Trinajstić information content (AvgIpc) is 2.79. The Morgan fingerprint density at radius 1 is 0.371 bits per heavy atom. The zero-order chi connectivity index (χ0) is 26.0. The Morgan fingerprint density at radius 2 is 0.543 bits per heavy atom. The normalized spacial score (nSPS) is 11.6. The summed E-state index contributed by atoms with van der Waals surface area (Å²) in [6.07, 6.45) is 24.1. The second-order valence-corrected chi connectivity index (χ2v) is 15.2. The van der Waals surface area contributed by atoms with Crippen LogP contribution in [0.25, 0.3) is 0 Å². The summed E-state index contributed by atoms with van der Waals surface area (Å²) in [4.78, 5) is 23.4. The molecule has 0 fully saturated rings. The molecule has 4 nitrogen and oxygen atoms in total. The van der Waals surface area contributed by atoms with Crippen LogP contribution in [0.4, 0.5) is 0 Å². The molecule has 35 heavy (non-hydrogen) atoms. The van der Waals surface area contributed by atoms with E-state index >= 15 is 0 Å². The molecule has 0 aliphatic rings. The van der Waals surface area contributed by atoms with Crippen LogP contribution in [0.15, 0.2) is 0 Å². The summed E-state index contributed by atoms with van der Waals surface area (Å²) >= 11 is 0. The molecule has 0 saturated carbocycles. The summed E-state index contributed by atoms with van der Waals surface area (Å²) in [5.41, 5.74) is 0. The van der Waals surface area contributed by atoms with Gasteiger partial charge in [-0.15, -0.1) is 0 Å². The first-order valence-electron chi connectivity index (χ1n) is 14.8. The Morgan fingerprint density at radius 3 is 0.714 bits per heavy atom. The van der Waals surface area contributed by atoms with Crippen molar-refractivity contribution in [3.63, 3.8) is 0 Å². The van der Waals surface area contributed by atoms with Gasteiger partial charge in [0, 0.05) is 14.7 Å². The van der Waals surface area contributed by atoms with Crippen molar-refractivity contribution in [3.05, 3.63) is 0 Å². The molecule has 0 bridgehead atoms. The second kappa shape index (κ2) is 29.5. The largest absolute Gasteiger partial charge is 2.00 e. The SMILES string of the molecule is CCCCCCCP(=O)([O-])CCCCCCC.CCCCCCCP(=O)([O-])CCCCCCC.[Cr+2]. The van der Waals surface area contributed by atoms with Crippen molar-refractivity contribution in [2.24, 2.45) is 0 Å². The minimum atomic E-state index is -3.04. The third-order valence-electron chi connectivity index (χ3n) is 6.41. The summed E-state index contributed by atoms with van der Waals surface area (Å²) in [5.74, 6) is 0. The van der Waals surface area contributed by atoms with Gasteiger partial charge in [-0.3, -0.25) is 0 Å². The molecule has 0 amide bonds. The van der Waals surface area contributed by atoms with E-state index in [0.29, 0.717) is 24.6 Å². The van der Waals surface area contributed by atoms with E-state index in [9.17, 15) is 18.9 Å². The zero-order valence-electron chi connectivity index (χ0n) is 23.9. The number of hydrogen-bond acceptors (Lipinski definition) is 4. The van der Waals surface area contributed by atoms with Crippen molar-refractivity contribution in [3.8, 4) is 0 Å². The van der Waals surface area contributed by atoms with Crippen LogP contribution in [-0.2, 0) is 26.5 Å². The maximum atomic E-state index is 11.7. The summed E-state index contributed by atoms with van der Waals surface area (Å²) < 4.78 is 23.4. The van der Waals surface area contributed by atoms with E-state index in [2.05, 4.69) is 27.7 Å². The van der Waals surface area contributed by atoms with Crippen LogP contribution < -0.4 is 9.79 Å². The van der Waals surface area contributed by atoms with Gasteiger partial charge in [-0.1, -0.05) is 130 Å². The van der Waals surface area contributed by atoms with Crippen molar-refractivity contribution < 1.29 is 36.3 Å². The quantitative estimate of drug-likeness (QED) is 0.0850. The Balaban J connectivity index is -0.000000569. The molecule has 212 valence electrons. The maximum absolute atomic E-state index is 11.7. The minimum absolute atomic E-state index is 0. The van der Waals surface area contributed by atoms with Gasteiger partial charge in [-0.25, -0.2) is 0 Å². The topological polar surface area (TPSA) is 80.3 Å². The molecule has 0 spiro atoms. The second-order valence-electron chi connectivity index (χ2n) is 10.2. The van der Waals surface area contributed by atoms with E-state index in [1.807, 2.05) is 0 Å². The molecule has 0 saturated heterocycles. The molecule has 0 aliphatic heterocycles. The Hall–Kier alpha value is 0.912. The number of rotatable bonds is 24. The van der Waals surface area contributed by atoms with Gasteiger partial charge in [0.2, 0.25) is 0 Å². The number of hydrogen-bond donors (Lipinski definition) is 0. The molecule has 0 heterocycles. The molecule has 0 N–H and O–H groups in total. The van der Waals surface area contributed by atoms with E-state index in [-0.39, 0.29) is 17.4 Å². The fourth-order valence-electron chi connectivity index (χ4n) is 4.05. The minimum Gasteiger partial charge on any atom is -0.799 e. The molecule has 0 aromatic rings. The van der Waals surface area contributed by atoms with Gasteiger partial charge in [-0.05, 0) is 50.3 Å². The first-order chi connectivity index (χ1) is 16.2. The van der Waals surface area contributed by atoms with Gasteiger partial charge in [0.05, 0.1) is 0 Å². The van der Waals surface area contributed by atoms with Crippen molar-refractivity contribution in [1.82, 2.24) is 0 Å². The molecular formula is C28H60CrO4P2. The van der Waals surface area contributed by atoms with Crippen LogP contribution >= 0.6 is 14.7 Å². The fraction of sp³-hybridized carbons (Fsp3) is 1.00. The van der Waals surface area contributed by atoms with Crippen LogP contribution in [0, 0.1) is 0 Å². The van der Waals surface area contributed by atoms with Crippen molar-refractivity contribution in [2.45, 2.75) is 156 Å². The van der Waals surface area contributed by atoms with E-state index in [0.717, 1.165) is 51.4 Å². The molecular weight excluding hydrogens is 514 g/mol. The zero-order valence-corrected chi connectivity index (χ0v) is 27.0. The van der Waals surface area contributed by atoms with Crippen molar-refractivity contribution in [2.75, 3.05) is 24.6 Å². The first kappa shape index (κ1) is 40.4. The molecule has 7 heteroatoms. The molecule has 0 rings (SSSR count). The summed E-state index contributed by atoms with van der Waals surface area (Å²) in [5, 5.41) is 0. The Kier molecular flexibility index (Phi) is 34.0. The maximum Gasteiger partial charge on any atom is 2.00 e.